The molecule has 0 amide bonds. The van der Waals surface area contributed by atoms with Crippen LogP contribution in [0.3, 0.4) is 0 Å². The minimum Gasteiger partial charge on any atom is -0.383 e. The number of hydrogen-bond acceptors (Lipinski definition) is 1. The van der Waals surface area contributed by atoms with Crippen LogP contribution in [0.1, 0.15) is 5.56 Å². The van der Waals surface area contributed by atoms with E-state index >= 15 is 0 Å². The first-order valence-corrected chi connectivity index (χ1v) is 4.98. The highest BCUT2D eigenvalue weighted by atomic mass is 19.1. The zero-order valence-electron chi connectivity index (χ0n) is 8.74. The van der Waals surface area contributed by atoms with Gasteiger partial charge in [0.2, 0.25) is 0 Å². The highest BCUT2D eigenvalue weighted by molar-refractivity contribution is 5.83. The van der Waals surface area contributed by atoms with Crippen molar-refractivity contribution in [3.05, 3.63) is 36.0 Å². The molecule has 2 nitrogen and oxygen atoms in total. The highest BCUT2D eigenvalue weighted by Crippen LogP contribution is 2.21. The van der Waals surface area contributed by atoms with E-state index in [0.29, 0.717) is 6.61 Å². The monoisotopic (exact) mass is 207 g/mol. The largest absolute Gasteiger partial charge is 0.383 e. The molecule has 0 N–H and O–H groups in total. The molecule has 0 fully saturated rings. The lowest BCUT2D eigenvalue weighted by Crippen LogP contribution is -2.02. The SMILES string of the molecule is COCCn1cc(CF)c2ccccc21. The van der Waals surface area contributed by atoms with Gasteiger partial charge in [0.15, 0.2) is 0 Å². The van der Waals surface area contributed by atoms with Gasteiger partial charge in [-0.3, -0.25) is 0 Å². The number of fused-ring (bicyclic) bond motifs is 1. The van der Waals surface area contributed by atoms with Gasteiger partial charge in [-0.2, -0.15) is 0 Å². The Labute approximate surface area is 88.3 Å². The molecule has 0 spiro atoms. The summed E-state index contributed by atoms with van der Waals surface area (Å²) in [7, 11) is 1.67. The van der Waals surface area contributed by atoms with E-state index in [1.807, 2.05) is 35.0 Å². The lowest BCUT2D eigenvalue weighted by molar-refractivity contribution is 0.188. The maximum atomic E-state index is 12.7. The zero-order valence-corrected chi connectivity index (χ0v) is 8.74. The Bertz CT molecular complexity index is 450. The third-order valence-electron chi connectivity index (χ3n) is 2.55. The fourth-order valence-electron chi connectivity index (χ4n) is 1.80. The maximum Gasteiger partial charge on any atom is 0.117 e. The molecule has 1 aromatic heterocycles. The van der Waals surface area contributed by atoms with E-state index in [2.05, 4.69) is 0 Å². The van der Waals surface area contributed by atoms with Crippen LogP contribution < -0.4 is 0 Å². The number of alkyl halides is 1. The number of benzene rings is 1. The van der Waals surface area contributed by atoms with Gasteiger partial charge in [0.25, 0.3) is 0 Å². The number of aromatic nitrogens is 1. The first-order chi connectivity index (χ1) is 7.36. The Balaban J connectivity index is 2.45. The molecule has 0 aliphatic carbocycles. The van der Waals surface area contributed by atoms with E-state index in [-0.39, 0.29) is 0 Å². The van der Waals surface area contributed by atoms with Crippen LogP contribution >= 0.6 is 0 Å². The van der Waals surface area contributed by atoms with Gasteiger partial charge in [-0.05, 0) is 6.07 Å². The van der Waals surface area contributed by atoms with E-state index < -0.39 is 6.67 Å². The Morgan fingerprint density at radius 1 is 1.33 bits per heavy atom. The molecule has 80 valence electrons. The van der Waals surface area contributed by atoms with Crippen LogP contribution in [-0.2, 0) is 18.0 Å². The first kappa shape index (κ1) is 10.2. The van der Waals surface area contributed by atoms with Crippen LogP contribution in [0.15, 0.2) is 30.5 Å². The molecule has 2 rings (SSSR count). The van der Waals surface area contributed by atoms with Gasteiger partial charge < -0.3 is 9.30 Å². The number of para-hydroxylation sites is 1. The Kier molecular flexibility index (Phi) is 3.02. The summed E-state index contributed by atoms with van der Waals surface area (Å²) in [6, 6.07) is 7.85. The van der Waals surface area contributed by atoms with Crippen molar-refractivity contribution in [1.29, 1.82) is 0 Å². The predicted octanol–water partition coefficient (Wildman–Crippen LogP) is 2.76. The predicted molar refractivity (Wildman–Crippen MR) is 58.6 cm³/mol. The Hall–Kier alpha value is -1.35. The van der Waals surface area contributed by atoms with Crippen molar-refractivity contribution in [2.45, 2.75) is 13.2 Å². The Morgan fingerprint density at radius 3 is 2.87 bits per heavy atom. The van der Waals surface area contributed by atoms with E-state index in [4.69, 9.17) is 4.74 Å². The van der Waals surface area contributed by atoms with E-state index in [1.54, 1.807) is 7.11 Å². The second kappa shape index (κ2) is 4.45. The molecule has 0 saturated carbocycles. The second-order valence-corrected chi connectivity index (χ2v) is 3.49. The molecular formula is C12H14FNO. The summed E-state index contributed by atoms with van der Waals surface area (Å²) in [6.45, 7) is 0.988. The molecule has 2 aromatic rings. The fourth-order valence-corrected chi connectivity index (χ4v) is 1.80. The van der Waals surface area contributed by atoms with Crippen LogP contribution in [0, 0.1) is 0 Å². The van der Waals surface area contributed by atoms with Gasteiger partial charge in [0, 0.05) is 36.3 Å². The van der Waals surface area contributed by atoms with Crippen LogP contribution in [0.5, 0.6) is 0 Å². The van der Waals surface area contributed by atoms with Crippen LogP contribution in [0.2, 0.25) is 0 Å². The van der Waals surface area contributed by atoms with Crippen molar-refractivity contribution in [2.75, 3.05) is 13.7 Å². The lowest BCUT2D eigenvalue weighted by atomic mass is 10.2. The minimum atomic E-state index is -0.416. The zero-order chi connectivity index (χ0) is 10.7. The third kappa shape index (κ3) is 1.88. The fraction of sp³-hybridized carbons (Fsp3) is 0.333. The molecular weight excluding hydrogens is 193 g/mol. The van der Waals surface area contributed by atoms with Gasteiger partial charge in [-0.15, -0.1) is 0 Å². The summed E-state index contributed by atoms with van der Waals surface area (Å²) in [5, 5.41) is 0.996. The highest BCUT2D eigenvalue weighted by Gasteiger charge is 2.06. The molecule has 0 saturated heterocycles. The molecule has 0 bridgehead atoms. The van der Waals surface area contributed by atoms with Crippen molar-refractivity contribution in [2.24, 2.45) is 0 Å². The van der Waals surface area contributed by atoms with Gasteiger partial charge in [0.05, 0.1) is 6.61 Å². The Morgan fingerprint density at radius 2 is 2.13 bits per heavy atom. The van der Waals surface area contributed by atoms with Crippen molar-refractivity contribution >= 4 is 10.9 Å². The van der Waals surface area contributed by atoms with Crippen molar-refractivity contribution in [1.82, 2.24) is 4.57 Å². The molecule has 0 radical (unpaired) electrons. The van der Waals surface area contributed by atoms with E-state index in [1.165, 1.54) is 0 Å². The normalized spacial score (nSPS) is 11.1. The van der Waals surface area contributed by atoms with Gasteiger partial charge in [-0.25, -0.2) is 4.39 Å². The molecule has 15 heavy (non-hydrogen) atoms. The summed E-state index contributed by atoms with van der Waals surface area (Å²) < 4.78 is 19.8. The van der Waals surface area contributed by atoms with Gasteiger partial charge in [-0.1, -0.05) is 18.2 Å². The molecule has 3 heteroatoms. The number of ether oxygens (including phenoxy) is 1. The number of rotatable bonds is 4. The van der Waals surface area contributed by atoms with E-state index in [0.717, 1.165) is 23.0 Å². The summed E-state index contributed by atoms with van der Waals surface area (Å²) >= 11 is 0. The standard InChI is InChI=1S/C12H14FNO/c1-15-7-6-14-9-10(8-13)11-4-2-3-5-12(11)14/h2-5,9H,6-8H2,1H3. The number of methoxy groups -OCH3 is 1. The molecule has 1 heterocycles. The molecule has 0 unspecified atom stereocenters. The van der Waals surface area contributed by atoms with E-state index in [9.17, 15) is 4.39 Å². The maximum absolute atomic E-state index is 12.7. The quantitative estimate of drug-likeness (QED) is 0.752. The summed E-state index contributed by atoms with van der Waals surface area (Å²) in [5.74, 6) is 0. The number of halogens is 1. The molecule has 1 aromatic carbocycles. The molecule has 0 atom stereocenters. The van der Waals surface area contributed by atoms with Crippen molar-refractivity contribution < 1.29 is 9.13 Å². The average Bonchev–Trinajstić information content (AvgIpc) is 2.65. The number of hydrogen-bond donors (Lipinski definition) is 0. The molecule has 0 aliphatic rings. The second-order valence-electron chi connectivity index (χ2n) is 3.49. The average molecular weight is 207 g/mol. The lowest BCUT2D eigenvalue weighted by Gasteiger charge is -2.03. The summed E-state index contributed by atoms with van der Waals surface area (Å²) in [4.78, 5) is 0. The third-order valence-corrected chi connectivity index (χ3v) is 2.55. The van der Waals surface area contributed by atoms with Crippen LogP contribution in [0.4, 0.5) is 4.39 Å². The topological polar surface area (TPSA) is 14.2 Å². The number of nitrogens with zero attached hydrogens (tertiary/aromatic N) is 1. The summed E-state index contributed by atoms with van der Waals surface area (Å²) in [6.07, 6.45) is 1.86. The summed E-state index contributed by atoms with van der Waals surface area (Å²) in [5.41, 5.74) is 1.82. The van der Waals surface area contributed by atoms with Gasteiger partial charge in [0.1, 0.15) is 6.67 Å². The van der Waals surface area contributed by atoms with Crippen molar-refractivity contribution in [3.8, 4) is 0 Å². The van der Waals surface area contributed by atoms with Crippen LogP contribution in [0.25, 0.3) is 10.9 Å². The first-order valence-electron chi connectivity index (χ1n) is 4.98. The molecule has 0 aliphatic heterocycles. The minimum absolute atomic E-state index is 0.416. The van der Waals surface area contributed by atoms with Gasteiger partial charge >= 0.3 is 0 Å². The smallest absolute Gasteiger partial charge is 0.117 e. The van der Waals surface area contributed by atoms with Crippen molar-refractivity contribution in [3.63, 3.8) is 0 Å². The van der Waals surface area contributed by atoms with Crippen LogP contribution in [-0.4, -0.2) is 18.3 Å².